The van der Waals surface area contributed by atoms with Crippen molar-refractivity contribution in [2.45, 2.75) is 50.7 Å². The van der Waals surface area contributed by atoms with Crippen LogP contribution in [0.5, 0.6) is 0 Å². The lowest BCUT2D eigenvalue weighted by atomic mass is 10.0. The average molecular weight is 460 g/mol. The van der Waals surface area contributed by atoms with Crippen LogP contribution in [0.1, 0.15) is 44.2 Å². The molecule has 33 heavy (non-hydrogen) atoms. The number of amides is 3. The molecule has 4 rings (SSSR count). The molecule has 178 valence electrons. The van der Waals surface area contributed by atoms with Crippen LogP contribution in [0, 0.1) is 5.82 Å². The first-order chi connectivity index (χ1) is 15.9. The van der Waals surface area contributed by atoms with E-state index in [2.05, 4.69) is 10.7 Å². The number of hydrazine groups is 1. The third-order valence-corrected chi connectivity index (χ3v) is 6.31. The number of carbonyl (C=O) groups is 3. The van der Waals surface area contributed by atoms with Gasteiger partial charge in [-0.15, -0.1) is 0 Å². The molecule has 2 N–H and O–H groups in total. The highest BCUT2D eigenvalue weighted by molar-refractivity contribution is 5.85. The standard InChI is InChI=1S/C23H30FN5O4/c1-2-33-23(32)28-10-7-18(8-11-28)25-21(30)9-12-27-13-14-29-20(22(27)31)15-19(26-29)16-3-5-17(24)6-4-16/h3-6,13-14,18-20,26H,2,7-12,15H2,1H3,(H,25,30). The number of hydrogen-bond acceptors (Lipinski definition) is 6. The van der Waals surface area contributed by atoms with Gasteiger partial charge in [0.05, 0.1) is 12.6 Å². The Morgan fingerprint density at radius 3 is 2.61 bits per heavy atom. The predicted octanol–water partition coefficient (Wildman–Crippen LogP) is 1.89. The molecule has 3 aliphatic heterocycles. The Hall–Kier alpha value is -3.14. The molecule has 10 heteroatoms. The molecule has 0 aliphatic carbocycles. The molecule has 0 aromatic heterocycles. The van der Waals surface area contributed by atoms with Crippen molar-refractivity contribution in [1.29, 1.82) is 0 Å². The van der Waals surface area contributed by atoms with Crippen LogP contribution < -0.4 is 10.7 Å². The molecular weight excluding hydrogens is 429 g/mol. The van der Waals surface area contributed by atoms with Gasteiger partial charge in [0, 0.05) is 44.5 Å². The van der Waals surface area contributed by atoms with E-state index >= 15 is 0 Å². The molecular formula is C23H30FN5O4. The minimum Gasteiger partial charge on any atom is -0.450 e. The summed E-state index contributed by atoms with van der Waals surface area (Å²) >= 11 is 0. The van der Waals surface area contributed by atoms with Crippen molar-refractivity contribution < 1.29 is 23.5 Å². The molecule has 0 bridgehead atoms. The van der Waals surface area contributed by atoms with Crippen molar-refractivity contribution in [1.82, 2.24) is 25.6 Å². The smallest absolute Gasteiger partial charge is 0.409 e. The molecule has 2 saturated heterocycles. The maximum absolute atomic E-state index is 13.2. The van der Waals surface area contributed by atoms with E-state index in [1.807, 2.05) is 0 Å². The summed E-state index contributed by atoms with van der Waals surface area (Å²) in [6, 6.07) is 5.85. The quantitative estimate of drug-likeness (QED) is 0.675. The predicted molar refractivity (Wildman–Crippen MR) is 118 cm³/mol. The van der Waals surface area contributed by atoms with Gasteiger partial charge < -0.3 is 24.9 Å². The van der Waals surface area contributed by atoms with Crippen LogP contribution in [0.25, 0.3) is 0 Å². The third-order valence-electron chi connectivity index (χ3n) is 6.31. The summed E-state index contributed by atoms with van der Waals surface area (Å²) in [4.78, 5) is 40.4. The van der Waals surface area contributed by atoms with Gasteiger partial charge in [-0.25, -0.2) is 14.6 Å². The van der Waals surface area contributed by atoms with Gasteiger partial charge in [0.2, 0.25) is 5.91 Å². The lowest BCUT2D eigenvalue weighted by molar-refractivity contribution is -0.134. The van der Waals surface area contributed by atoms with E-state index in [9.17, 15) is 18.8 Å². The van der Waals surface area contributed by atoms with Crippen LogP contribution in [0.4, 0.5) is 9.18 Å². The molecule has 3 heterocycles. The topological polar surface area (TPSA) is 94.2 Å². The number of benzene rings is 1. The largest absolute Gasteiger partial charge is 0.450 e. The van der Waals surface area contributed by atoms with Gasteiger partial charge in [0.15, 0.2) is 0 Å². The van der Waals surface area contributed by atoms with E-state index in [1.165, 1.54) is 12.1 Å². The monoisotopic (exact) mass is 459 g/mol. The molecule has 9 nitrogen and oxygen atoms in total. The normalized spacial score (nSPS) is 23.0. The minimum atomic E-state index is -0.361. The Kier molecular flexibility index (Phi) is 7.12. The Morgan fingerprint density at radius 2 is 1.91 bits per heavy atom. The fourth-order valence-corrected chi connectivity index (χ4v) is 4.48. The van der Waals surface area contributed by atoms with Crippen LogP contribution in [0.3, 0.4) is 0 Å². The van der Waals surface area contributed by atoms with Gasteiger partial charge in [0.1, 0.15) is 11.9 Å². The van der Waals surface area contributed by atoms with Crippen molar-refractivity contribution in [2.75, 3.05) is 26.2 Å². The number of nitrogens with one attached hydrogen (secondary N) is 2. The summed E-state index contributed by atoms with van der Waals surface area (Å²) in [7, 11) is 0. The second-order valence-corrected chi connectivity index (χ2v) is 8.50. The number of rotatable bonds is 6. The number of likely N-dealkylation sites (tertiary alicyclic amines) is 1. The van der Waals surface area contributed by atoms with Gasteiger partial charge in [-0.3, -0.25) is 9.59 Å². The highest BCUT2D eigenvalue weighted by Gasteiger charge is 2.40. The first kappa shape index (κ1) is 23.0. The van der Waals surface area contributed by atoms with Gasteiger partial charge in [-0.1, -0.05) is 12.1 Å². The highest BCUT2D eigenvalue weighted by atomic mass is 19.1. The molecule has 0 radical (unpaired) electrons. The highest BCUT2D eigenvalue weighted by Crippen LogP contribution is 2.30. The molecule has 0 saturated carbocycles. The summed E-state index contributed by atoms with van der Waals surface area (Å²) in [6.45, 7) is 3.53. The summed E-state index contributed by atoms with van der Waals surface area (Å²) < 4.78 is 18.2. The molecule has 3 amide bonds. The average Bonchev–Trinajstić information content (AvgIpc) is 3.25. The number of fused-ring (bicyclic) bond motifs is 1. The van der Waals surface area contributed by atoms with Crippen LogP contribution >= 0.6 is 0 Å². The maximum Gasteiger partial charge on any atom is 0.409 e. The molecule has 0 spiro atoms. The number of nitrogens with zero attached hydrogens (tertiary/aromatic N) is 3. The summed E-state index contributed by atoms with van der Waals surface area (Å²) in [5.41, 5.74) is 4.20. The fourth-order valence-electron chi connectivity index (χ4n) is 4.48. The molecule has 1 aromatic carbocycles. The number of piperidine rings is 1. The minimum absolute atomic E-state index is 0.0155. The summed E-state index contributed by atoms with van der Waals surface area (Å²) in [5, 5.41) is 4.79. The first-order valence-corrected chi connectivity index (χ1v) is 11.4. The third kappa shape index (κ3) is 5.44. The maximum atomic E-state index is 13.2. The fraction of sp³-hybridized carbons (Fsp3) is 0.522. The van der Waals surface area contributed by atoms with Crippen molar-refractivity contribution in [3.05, 3.63) is 48.0 Å². The first-order valence-electron chi connectivity index (χ1n) is 11.4. The SMILES string of the molecule is CCOC(=O)N1CCC(NC(=O)CCN2C=CN3NC(c4ccc(F)cc4)CC3C2=O)CC1. The molecule has 2 atom stereocenters. The summed E-state index contributed by atoms with van der Waals surface area (Å²) in [5.74, 6) is -0.466. The Bertz CT molecular complexity index is 901. The van der Waals surface area contributed by atoms with Gasteiger partial charge >= 0.3 is 6.09 Å². The Labute approximate surface area is 192 Å². The van der Waals surface area contributed by atoms with E-state index in [0.29, 0.717) is 45.5 Å². The summed E-state index contributed by atoms with van der Waals surface area (Å²) in [6.07, 6.45) is 5.31. The van der Waals surface area contributed by atoms with E-state index in [-0.39, 0.29) is 48.3 Å². The van der Waals surface area contributed by atoms with Gasteiger partial charge in [-0.05, 0) is 43.9 Å². The molecule has 3 aliphatic rings. The zero-order valence-corrected chi connectivity index (χ0v) is 18.7. The van der Waals surface area contributed by atoms with Crippen molar-refractivity contribution in [2.24, 2.45) is 0 Å². The van der Waals surface area contributed by atoms with Crippen molar-refractivity contribution >= 4 is 17.9 Å². The second kappa shape index (κ2) is 10.2. The van der Waals surface area contributed by atoms with Crippen molar-refractivity contribution in [3.8, 4) is 0 Å². The zero-order valence-electron chi connectivity index (χ0n) is 18.7. The lowest BCUT2D eigenvalue weighted by Gasteiger charge is -2.33. The van der Waals surface area contributed by atoms with Crippen LogP contribution in [0.2, 0.25) is 0 Å². The van der Waals surface area contributed by atoms with Crippen LogP contribution in [-0.4, -0.2) is 71.0 Å². The number of carbonyl (C=O) groups excluding carboxylic acids is 3. The zero-order chi connectivity index (χ0) is 23.4. The van der Waals surface area contributed by atoms with Crippen molar-refractivity contribution in [3.63, 3.8) is 0 Å². The van der Waals surface area contributed by atoms with Gasteiger partial charge in [0.25, 0.3) is 5.91 Å². The van der Waals surface area contributed by atoms with E-state index in [4.69, 9.17) is 4.74 Å². The van der Waals surface area contributed by atoms with E-state index in [0.717, 1.165) is 5.56 Å². The number of ether oxygens (including phenoxy) is 1. The molecule has 1 aromatic rings. The Morgan fingerprint density at radius 1 is 1.18 bits per heavy atom. The lowest BCUT2D eigenvalue weighted by Crippen LogP contribution is -2.49. The second-order valence-electron chi connectivity index (χ2n) is 8.50. The molecule has 2 unspecified atom stereocenters. The number of hydrogen-bond donors (Lipinski definition) is 2. The van der Waals surface area contributed by atoms with E-state index < -0.39 is 0 Å². The van der Waals surface area contributed by atoms with Crippen LogP contribution in [0.15, 0.2) is 36.7 Å². The van der Waals surface area contributed by atoms with E-state index in [1.54, 1.807) is 46.3 Å². The van der Waals surface area contributed by atoms with Crippen LogP contribution in [-0.2, 0) is 14.3 Å². The number of halogens is 1. The molecule has 2 fully saturated rings. The Balaban J connectivity index is 1.22. The van der Waals surface area contributed by atoms with Gasteiger partial charge in [-0.2, -0.15) is 0 Å².